The molecule has 0 atom stereocenters. The zero-order chi connectivity index (χ0) is 19.3. The van der Waals surface area contributed by atoms with E-state index in [4.69, 9.17) is 0 Å². The molecule has 0 radical (unpaired) electrons. The monoisotopic (exact) mass is 372 g/mol. The number of amides is 1. The minimum Gasteiger partial charge on any atom is -0.351 e. The summed E-state index contributed by atoms with van der Waals surface area (Å²) in [7, 11) is 0. The van der Waals surface area contributed by atoms with Crippen molar-refractivity contribution >= 4 is 11.7 Å². The number of fused-ring (bicyclic) bond motifs is 1. The number of hydrogen-bond donors (Lipinski definition) is 0. The summed E-state index contributed by atoms with van der Waals surface area (Å²) in [6.45, 7) is 4.91. The van der Waals surface area contributed by atoms with Crippen molar-refractivity contribution in [3.63, 3.8) is 0 Å². The van der Waals surface area contributed by atoms with Gasteiger partial charge in [-0.05, 0) is 30.0 Å². The van der Waals surface area contributed by atoms with Gasteiger partial charge in [0.2, 0.25) is 0 Å². The topological polar surface area (TPSA) is 49.3 Å². The van der Waals surface area contributed by atoms with Gasteiger partial charge in [-0.1, -0.05) is 54.6 Å². The maximum Gasteiger partial charge on any atom is 0.274 e. The zero-order valence-electron chi connectivity index (χ0n) is 16.1. The molecule has 0 spiro atoms. The smallest absolute Gasteiger partial charge is 0.274 e. The van der Waals surface area contributed by atoms with E-state index < -0.39 is 0 Å². The Labute approximate surface area is 165 Å². The van der Waals surface area contributed by atoms with Crippen LogP contribution >= 0.6 is 0 Å². The van der Waals surface area contributed by atoms with Crippen LogP contribution in [0.15, 0.2) is 67.0 Å². The van der Waals surface area contributed by atoms with Crippen molar-refractivity contribution in [3.05, 3.63) is 89.4 Å². The number of rotatable bonds is 5. The van der Waals surface area contributed by atoms with Crippen molar-refractivity contribution in [2.75, 3.05) is 18.0 Å². The van der Waals surface area contributed by atoms with Gasteiger partial charge in [-0.15, -0.1) is 0 Å². The third kappa shape index (κ3) is 3.88. The number of hydrogen-bond acceptors (Lipinski definition) is 4. The molecule has 0 N–H and O–H groups in total. The van der Waals surface area contributed by atoms with Crippen LogP contribution in [-0.2, 0) is 19.5 Å². The Morgan fingerprint density at radius 3 is 2.46 bits per heavy atom. The Hall–Kier alpha value is -3.21. The first-order valence-electron chi connectivity index (χ1n) is 9.71. The van der Waals surface area contributed by atoms with Crippen molar-refractivity contribution in [2.45, 2.75) is 26.4 Å². The first kappa shape index (κ1) is 18.2. The average Bonchev–Trinajstić information content (AvgIpc) is 2.77. The van der Waals surface area contributed by atoms with Crippen LogP contribution in [0.4, 0.5) is 5.82 Å². The summed E-state index contributed by atoms with van der Waals surface area (Å²) in [6.07, 6.45) is 4.32. The molecule has 2 heterocycles. The number of nitrogens with zero attached hydrogens (tertiary/aromatic N) is 4. The number of carbonyl (C=O) groups excluding carboxylic acids is 1. The van der Waals surface area contributed by atoms with Gasteiger partial charge in [-0.2, -0.15) is 0 Å². The van der Waals surface area contributed by atoms with Gasteiger partial charge >= 0.3 is 0 Å². The van der Waals surface area contributed by atoms with Gasteiger partial charge in [0.25, 0.3) is 5.91 Å². The highest BCUT2D eigenvalue weighted by atomic mass is 16.2. The first-order valence-corrected chi connectivity index (χ1v) is 9.71. The molecule has 0 fully saturated rings. The van der Waals surface area contributed by atoms with Crippen molar-refractivity contribution < 1.29 is 4.79 Å². The van der Waals surface area contributed by atoms with Crippen molar-refractivity contribution in [3.8, 4) is 0 Å². The zero-order valence-corrected chi connectivity index (χ0v) is 16.1. The Bertz CT molecular complexity index is 940. The molecule has 1 aliphatic heterocycles. The van der Waals surface area contributed by atoms with E-state index in [1.54, 1.807) is 17.3 Å². The predicted molar refractivity (Wildman–Crippen MR) is 110 cm³/mol. The van der Waals surface area contributed by atoms with E-state index in [2.05, 4.69) is 39.1 Å². The summed E-state index contributed by atoms with van der Waals surface area (Å²) in [4.78, 5) is 25.8. The van der Waals surface area contributed by atoms with Crippen LogP contribution in [0.3, 0.4) is 0 Å². The number of benzene rings is 2. The lowest BCUT2D eigenvalue weighted by atomic mass is 10.0. The molecule has 5 nitrogen and oxygen atoms in total. The molecule has 1 aromatic heterocycles. The molecule has 4 rings (SSSR count). The lowest BCUT2D eigenvalue weighted by Crippen LogP contribution is -2.32. The molecule has 0 unspecified atom stereocenters. The lowest BCUT2D eigenvalue weighted by Gasteiger charge is -2.29. The molecular weight excluding hydrogens is 348 g/mol. The summed E-state index contributed by atoms with van der Waals surface area (Å²) < 4.78 is 0. The Balaban J connectivity index is 1.46. The van der Waals surface area contributed by atoms with Crippen LogP contribution < -0.4 is 4.90 Å². The third-order valence-corrected chi connectivity index (χ3v) is 5.20. The van der Waals surface area contributed by atoms with Crippen molar-refractivity contribution in [1.29, 1.82) is 0 Å². The summed E-state index contributed by atoms with van der Waals surface area (Å²) in [5.41, 5.74) is 4.22. The van der Waals surface area contributed by atoms with Gasteiger partial charge in [-0.25, -0.2) is 9.97 Å². The fraction of sp³-hybridized carbons (Fsp3) is 0.261. The standard InChI is InChI=1S/C23H24N4O/c1-2-26(16-18-8-4-3-5-9-18)23(28)21-14-25-22(15-24-21)27-13-12-19-10-6-7-11-20(19)17-27/h3-11,14-15H,2,12-13,16-17H2,1H3. The molecular formula is C23H24N4O. The van der Waals surface area contributed by atoms with Gasteiger partial charge in [0.05, 0.1) is 12.4 Å². The number of anilines is 1. The van der Waals surface area contributed by atoms with Gasteiger partial charge in [-0.3, -0.25) is 4.79 Å². The molecule has 1 aliphatic rings. The minimum absolute atomic E-state index is 0.0885. The van der Waals surface area contributed by atoms with Crippen molar-refractivity contribution in [2.24, 2.45) is 0 Å². The summed E-state index contributed by atoms with van der Waals surface area (Å²) in [5.74, 6) is 0.728. The minimum atomic E-state index is -0.0885. The van der Waals surface area contributed by atoms with E-state index in [9.17, 15) is 4.79 Å². The molecule has 0 aliphatic carbocycles. The Morgan fingerprint density at radius 2 is 1.75 bits per heavy atom. The SMILES string of the molecule is CCN(Cc1ccccc1)C(=O)c1cnc(N2CCc3ccccc3C2)cn1. The van der Waals surface area contributed by atoms with E-state index in [0.29, 0.717) is 18.8 Å². The molecule has 142 valence electrons. The maximum atomic E-state index is 12.8. The Morgan fingerprint density at radius 1 is 1.00 bits per heavy atom. The summed E-state index contributed by atoms with van der Waals surface area (Å²) >= 11 is 0. The van der Waals surface area contributed by atoms with Crippen LogP contribution in [-0.4, -0.2) is 33.9 Å². The van der Waals surface area contributed by atoms with Crippen LogP contribution in [0, 0.1) is 0 Å². The largest absolute Gasteiger partial charge is 0.351 e. The molecule has 28 heavy (non-hydrogen) atoms. The maximum absolute atomic E-state index is 12.8. The van der Waals surface area contributed by atoms with E-state index in [0.717, 1.165) is 30.9 Å². The van der Waals surface area contributed by atoms with Gasteiger partial charge in [0.1, 0.15) is 11.5 Å². The molecule has 5 heteroatoms. The quantitative estimate of drug-likeness (QED) is 0.685. The second-order valence-electron chi connectivity index (χ2n) is 7.01. The second kappa shape index (κ2) is 8.21. The number of aromatic nitrogens is 2. The van der Waals surface area contributed by atoms with Gasteiger partial charge in [0, 0.05) is 26.2 Å². The highest BCUT2D eigenvalue weighted by molar-refractivity contribution is 5.92. The Kier molecular flexibility index (Phi) is 5.33. The first-order chi connectivity index (χ1) is 13.7. The summed E-state index contributed by atoms with van der Waals surface area (Å²) in [5, 5.41) is 0. The van der Waals surface area contributed by atoms with Crippen LogP contribution in [0.5, 0.6) is 0 Å². The van der Waals surface area contributed by atoms with E-state index in [1.165, 1.54) is 11.1 Å². The third-order valence-electron chi connectivity index (χ3n) is 5.20. The predicted octanol–water partition coefficient (Wildman–Crippen LogP) is 3.70. The normalized spacial score (nSPS) is 13.1. The van der Waals surface area contributed by atoms with Gasteiger partial charge < -0.3 is 9.80 Å². The highest BCUT2D eigenvalue weighted by Gasteiger charge is 2.20. The molecule has 3 aromatic rings. The molecule has 2 aromatic carbocycles. The molecule has 0 bridgehead atoms. The molecule has 0 saturated carbocycles. The highest BCUT2D eigenvalue weighted by Crippen LogP contribution is 2.22. The second-order valence-corrected chi connectivity index (χ2v) is 7.01. The fourth-order valence-electron chi connectivity index (χ4n) is 3.58. The van der Waals surface area contributed by atoms with E-state index >= 15 is 0 Å². The average molecular weight is 372 g/mol. The van der Waals surface area contributed by atoms with Crippen LogP contribution in [0.2, 0.25) is 0 Å². The van der Waals surface area contributed by atoms with Gasteiger partial charge in [0.15, 0.2) is 0 Å². The van der Waals surface area contributed by atoms with E-state index in [1.807, 2.05) is 37.3 Å². The van der Waals surface area contributed by atoms with Crippen LogP contribution in [0.25, 0.3) is 0 Å². The van der Waals surface area contributed by atoms with Crippen LogP contribution in [0.1, 0.15) is 34.1 Å². The van der Waals surface area contributed by atoms with E-state index in [-0.39, 0.29) is 5.91 Å². The fourth-order valence-corrected chi connectivity index (χ4v) is 3.58. The van der Waals surface area contributed by atoms with Crippen molar-refractivity contribution in [1.82, 2.24) is 14.9 Å². The molecule has 0 saturated heterocycles. The lowest BCUT2D eigenvalue weighted by molar-refractivity contribution is 0.0746. The summed E-state index contributed by atoms with van der Waals surface area (Å²) in [6, 6.07) is 18.5. The molecule has 1 amide bonds. The number of carbonyl (C=O) groups is 1.